The number of nitro groups is 1. The second-order valence-corrected chi connectivity index (χ2v) is 5.61. The summed E-state index contributed by atoms with van der Waals surface area (Å²) in [6.07, 6.45) is 5.30. The third-order valence-corrected chi connectivity index (χ3v) is 4.23. The first-order valence-corrected chi connectivity index (χ1v) is 7.68. The van der Waals surface area contributed by atoms with Crippen molar-refractivity contribution in [1.82, 2.24) is 4.98 Å². The number of fused-ring (bicyclic) bond motifs is 1. The lowest BCUT2D eigenvalue weighted by atomic mass is 10.1. The quantitative estimate of drug-likeness (QED) is 0.624. The molecule has 5 nitrogen and oxygen atoms in total. The fraction of sp³-hybridized carbons (Fsp3) is 0.357. The van der Waals surface area contributed by atoms with Crippen molar-refractivity contribution in [3.63, 3.8) is 0 Å². The van der Waals surface area contributed by atoms with E-state index in [-0.39, 0.29) is 10.6 Å². The zero-order chi connectivity index (χ0) is 14.7. The van der Waals surface area contributed by atoms with Gasteiger partial charge in [-0.3, -0.25) is 15.1 Å². The third-order valence-electron chi connectivity index (χ3n) is 3.42. The molecule has 1 unspecified atom stereocenters. The molecule has 0 bridgehead atoms. The highest BCUT2D eigenvalue weighted by Crippen LogP contribution is 2.33. The van der Waals surface area contributed by atoms with Gasteiger partial charge in [-0.1, -0.05) is 0 Å². The van der Waals surface area contributed by atoms with Crippen molar-refractivity contribution >= 4 is 33.9 Å². The van der Waals surface area contributed by atoms with E-state index in [0.717, 1.165) is 16.8 Å². The minimum Gasteiger partial charge on any atom is -0.371 e. The van der Waals surface area contributed by atoms with Gasteiger partial charge in [-0.2, -0.15) is 11.8 Å². The van der Waals surface area contributed by atoms with Gasteiger partial charge in [-0.15, -0.1) is 0 Å². The number of non-ortho nitro benzene ring substituents is 1. The second-order valence-electron chi connectivity index (χ2n) is 4.70. The number of rotatable bonds is 5. The first-order valence-electron chi connectivity index (χ1n) is 6.29. The predicted octanol–water partition coefficient (Wildman–Crippen LogP) is 3.33. The normalized spacial score (nSPS) is 12.3. The molecule has 1 atom stereocenters. The Morgan fingerprint density at radius 3 is 2.80 bits per heavy atom. The highest BCUT2D eigenvalue weighted by molar-refractivity contribution is 7.98. The van der Waals surface area contributed by atoms with E-state index < -0.39 is 0 Å². The van der Waals surface area contributed by atoms with Crippen LogP contribution in [0.25, 0.3) is 10.8 Å². The number of anilines is 1. The monoisotopic (exact) mass is 291 g/mol. The molecule has 0 aliphatic carbocycles. The molecule has 0 fully saturated rings. The fourth-order valence-electron chi connectivity index (χ4n) is 2.22. The largest absolute Gasteiger partial charge is 0.371 e. The topological polar surface area (TPSA) is 59.3 Å². The number of pyridine rings is 1. The number of nitro benzene ring substituents is 1. The van der Waals surface area contributed by atoms with Gasteiger partial charge in [0.15, 0.2) is 0 Å². The summed E-state index contributed by atoms with van der Waals surface area (Å²) in [4.78, 5) is 16.9. The van der Waals surface area contributed by atoms with Gasteiger partial charge in [-0.25, -0.2) is 0 Å². The summed E-state index contributed by atoms with van der Waals surface area (Å²) in [5.41, 5.74) is 1.09. The van der Waals surface area contributed by atoms with Crippen LogP contribution in [0.4, 0.5) is 11.4 Å². The molecule has 2 aromatic rings. The summed E-state index contributed by atoms with van der Waals surface area (Å²) < 4.78 is 0. The van der Waals surface area contributed by atoms with Gasteiger partial charge in [0.25, 0.3) is 5.69 Å². The number of benzene rings is 1. The van der Waals surface area contributed by atoms with Crippen LogP contribution in [0, 0.1) is 10.1 Å². The molecular weight excluding hydrogens is 274 g/mol. The molecule has 1 aromatic heterocycles. The zero-order valence-electron chi connectivity index (χ0n) is 11.7. The van der Waals surface area contributed by atoms with Crippen LogP contribution in [0.5, 0.6) is 0 Å². The molecule has 0 amide bonds. The van der Waals surface area contributed by atoms with E-state index in [4.69, 9.17) is 0 Å². The smallest absolute Gasteiger partial charge is 0.278 e. The lowest BCUT2D eigenvalue weighted by Gasteiger charge is -2.27. The minimum atomic E-state index is -0.362. The maximum atomic E-state index is 11.1. The van der Waals surface area contributed by atoms with Gasteiger partial charge in [-0.05, 0) is 25.3 Å². The van der Waals surface area contributed by atoms with Gasteiger partial charge in [0.2, 0.25) is 0 Å². The average Bonchev–Trinajstić information content (AvgIpc) is 2.45. The Balaban J connectivity index is 2.56. The zero-order valence-corrected chi connectivity index (χ0v) is 12.6. The second kappa shape index (κ2) is 6.09. The maximum absolute atomic E-state index is 11.1. The molecule has 1 heterocycles. The Morgan fingerprint density at radius 1 is 1.40 bits per heavy atom. The number of thioether (sulfide) groups is 1. The van der Waals surface area contributed by atoms with Crippen molar-refractivity contribution in [1.29, 1.82) is 0 Å². The molecular formula is C14H17N3O2S. The average molecular weight is 291 g/mol. The molecule has 0 aliphatic heterocycles. The molecule has 0 spiro atoms. The van der Waals surface area contributed by atoms with Crippen molar-refractivity contribution in [2.45, 2.75) is 13.0 Å². The summed E-state index contributed by atoms with van der Waals surface area (Å²) in [5, 5.41) is 12.5. The summed E-state index contributed by atoms with van der Waals surface area (Å²) >= 11 is 1.78. The standard InChI is InChI=1S/C14H17N3O2S/c1-10(9-20-3)16(2)13-4-5-14(17(18)19)12-8-15-7-6-11(12)13/h4-8,10H,9H2,1-3H3. The molecule has 0 saturated heterocycles. The van der Waals surface area contributed by atoms with E-state index in [1.54, 1.807) is 30.2 Å². The molecule has 20 heavy (non-hydrogen) atoms. The molecule has 0 radical (unpaired) electrons. The maximum Gasteiger partial charge on any atom is 0.278 e. The van der Waals surface area contributed by atoms with Crippen LogP contribution in [0.1, 0.15) is 6.92 Å². The van der Waals surface area contributed by atoms with E-state index in [9.17, 15) is 10.1 Å². The molecule has 0 aliphatic rings. The van der Waals surface area contributed by atoms with E-state index in [1.165, 1.54) is 0 Å². The highest BCUT2D eigenvalue weighted by Gasteiger charge is 2.18. The van der Waals surface area contributed by atoms with E-state index in [0.29, 0.717) is 11.4 Å². The summed E-state index contributed by atoms with van der Waals surface area (Å²) in [6.45, 7) is 2.14. The Morgan fingerprint density at radius 2 is 2.15 bits per heavy atom. The van der Waals surface area contributed by atoms with E-state index in [1.807, 2.05) is 19.2 Å². The summed E-state index contributed by atoms with van der Waals surface area (Å²) in [7, 11) is 2.02. The van der Waals surface area contributed by atoms with Gasteiger partial charge in [0, 0.05) is 48.4 Å². The number of nitrogens with zero attached hydrogens (tertiary/aromatic N) is 3. The Hall–Kier alpha value is -1.82. The summed E-state index contributed by atoms with van der Waals surface area (Å²) in [5.74, 6) is 1.00. The predicted molar refractivity (Wildman–Crippen MR) is 84.6 cm³/mol. The lowest BCUT2D eigenvalue weighted by molar-refractivity contribution is -0.383. The van der Waals surface area contributed by atoms with Crippen LogP contribution < -0.4 is 4.90 Å². The highest BCUT2D eigenvalue weighted by atomic mass is 32.2. The molecule has 0 N–H and O–H groups in total. The number of hydrogen-bond donors (Lipinski definition) is 0. The molecule has 106 valence electrons. The fourth-order valence-corrected chi connectivity index (χ4v) is 2.92. The van der Waals surface area contributed by atoms with Crippen LogP contribution in [0.15, 0.2) is 30.6 Å². The SMILES string of the molecule is CSCC(C)N(C)c1ccc([N+](=O)[O-])c2cnccc12. The van der Waals surface area contributed by atoms with E-state index in [2.05, 4.69) is 23.1 Å². The first kappa shape index (κ1) is 14.6. The van der Waals surface area contributed by atoms with Crippen LogP contribution in [-0.2, 0) is 0 Å². The van der Waals surface area contributed by atoms with Crippen LogP contribution in [0.3, 0.4) is 0 Å². The van der Waals surface area contributed by atoms with Crippen molar-refractivity contribution in [2.24, 2.45) is 0 Å². The van der Waals surface area contributed by atoms with Gasteiger partial charge < -0.3 is 4.90 Å². The van der Waals surface area contributed by atoms with Crippen molar-refractivity contribution in [3.8, 4) is 0 Å². The van der Waals surface area contributed by atoms with Crippen molar-refractivity contribution < 1.29 is 4.92 Å². The van der Waals surface area contributed by atoms with Crippen molar-refractivity contribution in [2.75, 3.05) is 24.0 Å². The number of hydrogen-bond acceptors (Lipinski definition) is 5. The van der Waals surface area contributed by atoms with Gasteiger partial charge in [0.05, 0.1) is 10.3 Å². The minimum absolute atomic E-state index is 0.0998. The molecule has 2 rings (SSSR count). The Bertz CT molecular complexity index is 633. The Kier molecular flexibility index (Phi) is 4.44. The summed E-state index contributed by atoms with van der Waals surface area (Å²) in [6, 6.07) is 5.56. The lowest BCUT2D eigenvalue weighted by Crippen LogP contribution is -2.30. The van der Waals surface area contributed by atoms with Crippen LogP contribution in [-0.4, -0.2) is 35.0 Å². The van der Waals surface area contributed by atoms with E-state index >= 15 is 0 Å². The first-order chi connectivity index (χ1) is 9.56. The van der Waals surface area contributed by atoms with Gasteiger partial charge >= 0.3 is 0 Å². The number of aromatic nitrogens is 1. The molecule has 6 heteroatoms. The molecule has 1 aromatic carbocycles. The molecule has 0 saturated carbocycles. The Labute approximate surface area is 122 Å². The van der Waals surface area contributed by atoms with Crippen LogP contribution >= 0.6 is 11.8 Å². The third kappa shape index (κ3) is 2.70. The van der Waals surface area contributed by atoms with Crippen molar-refractivity contribution in [3.05, 3.63) is 40.7 Å². The van der Waals surface area contributed by atoms with Crippen LogP contribution in [0.2, 0.25) is 0 Å². The van der Waals surface area contributed by atoms with Gasteiger partial charge in [0.1, 0.15) is 0 Å².